The fourth-order valence-electron chi connectivity index (χ4n) is 3.69. The Labute approximate surface area is 191 Å². The average molecular weight is 472 g/mol. The fraction of sp³-hybridized carbons (Fsp3) is 0.208. The third-order valence-electron chi connectivity index (χ3n) is 5.50. The van der Waals surface area contributed by atoms with E-state index in [4.69, 9.17) is 0 Å². The molecule has 1 N–H and O–H groups in total. The highest BCUT2D eigenvalue weighted by Crippen LogP contribution is 2.22. The van der Waals surface area contributed by atoms with Crippen molar-refractivity contribution < 1.29 is 22.0 Å². The summed E-state index contributed by atoms with van der Waals surface area (Å²) in [6, 6.07) is 20.0. The van der Waals surface area contributed by atoms with Crippen LogP contribution in [-0.2, 0) is 14.8 Å². The highest BCUT2D eigenvalue weighted by atomic mass is 32.2. The summed E-state index contributed by atoms with van der Waals surface area (Å²) in [7, 11) is -3.93. The van der Waals surface area contributed by atoms with E-state index in [2.05, 4.69) is 5.32 Å². The molecule has 0 saturated carbocycles. The molecule has 0 spiro atoms. The van der Waals surface area contributed by atoms with Gasteiger partial charge in [0.2, 0.25) is 15.9 Å². The Morgan fingerprint density at radius 3 is 2.09 bits per heavy atom. The van der Waals surface area contributed by atoms with Gasteiger partial charge in [-0.1, -0.05) is 42.5 Å². The van der Waals surface area contributed by atoms with Crippen molar-refractivity contribution in [3.63, 3.8) is 0 Å². The molecule has 1 fully saturated rings. The fourth-order valence-corrected chi connectivity index (χ4v) is 5.13. The largest absolute Gasteiger partial charge is 0.325 e. The summed E-state index contributed by atoms with van der Waals surface area (Å²) >= 11 is 0. The van der Waals surface area contributed by atoms with Crippen LogP contribution < -0.4 is 5.32 Å². The molecule has 1 heterocycles. The van der Waals surface area contributed by atoms with E-state index in [0.29, 0.717) is 24.8 Å². The van der Waals surface area contributed by atoms with Crippen molar-refractivity contribution in [1.29, 1.82) is 0 Å². The predicted molar refractivity (Wildman–Crippen MR) is 122 cm³/mol. The first kappa shape index (κ1) is 23.0. The number of rotatable bonds is 6. The van der Waals surface area contributed by atoms with Gasteiger partial charge < -0.3 is 5.32 Å². The molecule has 0 radical (unpaired) electrons. The highest BCUT2D eigenvalue weighted by Gasteiger charge is 2.29. The number of anilines is 1. The molecule has 1 amide bonds. The van der Waals surface area contributed by atoms with E-state index < -0.39 is 21.7 Å². The third kappa shape index (κ3) is 5.44. The van der Waals surface area contributed by atoms with Crippen LogP contribution in [0.15, 0.2) is 77.7 Å². The number of piperazine rings is 1. The number of sulfonamides is 1. The minimum Gasteiger partial charge on any atom is -0.325 e. The van der Waals surface area contributed by atoms with E-state index in [-0.39, 0.29) is 30.4 Å². The summed E-state index contributed by atoms with van der Waals surface area (Å²) in [4.78, 5) is 14.0. The van der Waals surface area contributed by atoms with Crippen molar-refractivity contribution in [2.24, 2.45) is 0 Å². The van der Waals surface area contributed by atoms with Gasteiger partial charge in [-0.05, 0) is 41.5 Å². The second kappa shape index (κ2) is 9.78. The molecule has 1 aliphatic rings. The Bertz CT molecular complexity index is 1230. The molecule has 3 aromatic rings. The monoisotopic (exact) mass is 471 g/mol. The number of nitrogens with one attached hydrogen (secondary N) is 1. The van der Waals surface area contributed by atoms with E-state index in [1.807, 2.05) is 59.5 Å². The number of hydrogen-bond donors (Lipinski definition) is 1. The van der Waals surface area contributed by atoms with Crippen molar-refractivity contribution >= 4 is 21.6 Å². The zero-order chi connectivity index (χ0) is 23.4. The van der Waals surface area contributed by atoms with Crippen molar-refractivity contribution in [1.82, 2.24) is 9.21 Å². The zero-order valence-electron chi connectivity index (χ0n) is 17.7. The van der Waals surface area contributed by atoms with Crippen LogP contribution in [-0.4, -0.2) is 56.3 Å². The van der Waals surface area contributed by atoms with Gasteiger partial charge >= 0.3 is 0 Å². The molecule has 172 valence electrons. The highest BCUT2D eigenvalue weighted by molar-refractivity contribution is 7.89. The first-order valence-corrected chi connectivity index (χ1v) is 11.9. The molecule has 33 heavy (non-hydrogen) atoms. The van der Waals surface area contributed by atoms with Gasteiger partial charge in [0.1, 0.15) is 0 Å². The van der Waals surface area contributed by atoms with Crippen LogP contribution in [0.4, 0.5) is 14.5 Å². The van der Waals surface area contributed by atoms with Gasteiger partial charge in [-0.25, -0.2) is 17.2 Å². The maximum atomic E-state index is 13.5. The lowest BCUT2D eigenvalue weighted by Gasteiger charge is -2.33. The van der Waals surface area contributed by atoms with E-state index in [1.165, 1.54) is 4.31 Å². The standard InChI is InChI=1S/C24H23F2N3O3S/c25-22-11-10-21(16-23(22)26)33(31,32)29-14-12-28(13-15-29)17-24(30)27-20-8-6-19(7-9-20)18-4-2-1-3-5-18/h1-11,16H,12-15,17H2,(H,27,30). The van der Waals surface area contributed by atoms with Crippen LogP contribution in [0.25, 0.3) is 11.1 Å². The first-order chi connectivity index (χ1) is 15.8. The van der Waals surface area contributed by atoms with Gasteiger partial charge in [-0.3, -0.25) is 9.69 Å². The molecule has 6 nitrogen and oxygen atoms in total. The van der Waals surface area contributed by atoms with Crippen LogP contribution in [0, 0.1) is 11.6 Å². The number of carbonyl (C=O) groups is 1. The van der Waals surface area contributed by atoms with Crippen LogP contribution in [0.2, 0.25) is 0 Å². The normalized spacial score (nSPS) is 15.3. The molecule has 1 saturated heterocycles. The van der Waals surface area contributed by atoms with E-state index in [9.17, 15) is 22.0 Å². The number of amides is 1. The Morgan fingerprint density at radius 1 is 0.818 bits per heavy atom. The van der Waals surface area contributed by atoms with Crippen molar-refractivity contribution in [2.45, 2.75) is 4.90 Å². The number of benzene rings is 3. The van der Waals surface area contributed by atoms with Gasteiger partial charge in [0, 0.05) is 31.9 Å². The van der Waals surface area contributed by atoms with Crippen LogP contribution >= 0.6 is 0 Å². The number of hydrogen-bond acceptors (Lipinski definition) is 4. The van der Waals surface area contributed by atoms with E-state index in [0.717, 1.165) is 23.3 Å². The van der Waals surface area contributed by atoms with Crippen molar-refractivity contribution in [3.8, 4) is 11.1 Å². The van der Waals surface area contributed by atoms with Crippen LogP contribution in [0.1, 0.15) is 0 Å². The maximum absolute atomic E-state index is 13.5. The lowest BCUT2D eigenvalue weighted by atomic mass is 10.1. The van der Waals surface area contributed by atoms with Gasteiger partial charge in [-0.15, -0.1) is 0 Å². The Morgan fingerprint density at radius 2 is 1.45 bits per heavy atom. The molecule has 0 aliphatic carbocycles. The Balaban J connectivity index is 1.30. The minimum atomic E-state index is -3.93. The van der Waals surface area contributed by atoms with E-state index >= 15 is 0 Å². The third-order valence-corrected chi connectivity index (χ3v) is 7.40. The van der Waals surface area contributed by atoms with Crippen LogP contribution in [0.5, 0.6) is 0 Å². The summed E-state index contributed by atoms with van der Waals surface area (Å²) in [6.45, 7) is 1.13. The summed E-state index contributed by atoms with van der Waals surface area (Å²) in [5.74, 6) is -2.50. The predicted octanol–water partition coefficient (Wildman–Crippen LogP) is 3.58. The molecule has 0 aromatic heterocycles. The first-order valence-electron chi connectivity index (χ1n) is 10.5. The SMILES string of the molecule is O=C(CN1CCN(S(=O)(=O)c2ccc(F)c(F)c2)CC1)Nc1ccc(-c2ccccc2)cc1. The maximum Gasteiger partial charge on any atom is 0.243 e. The number of halogens is 2. The molecule has 0 bridgehead atoms. The van der Waals surface area contributed by atoms with Gasteiger partial charge in [0.25, 0.3) is 0 Å². The molecular weight excluding hydrogens is 448 g/mol. The van der Waals surface area contributed by atoms with Crippen LogP contribution in [0.3, 0.4) is 0 Å². The molecule has 9 heteroatoms. The van der Waals surface area contributed by atoms with E-state index in [1.54, 1.807) is 0 Å². The number of carbonyl (C=O) groups excluding carboxylic acids is 1. The smallest absolute Gasteiger partial charge is 0.243 e. The molecule has 1 aliphatic heterocycles. The minimum absolute atomic E-state index is 0.125. The topological polar surface area (TPSA) is 69.7 Å². The van der Waals surface area contributed by atoms with Gasteiger partial charge in [-0.2, -0.15) is 4.31 Å². The molecule has 3 aromatic carbocycles. The molecular formula is C24H23F2N3O3S. The Kier molecular flexibility index (Phi) is 6.83. The zero-order valence-corrected chi connectivity index (χ0v) is 18.6. The summed E-state index contributed by atoms with van der Waals surface area (Å²) < 4.78 is 53.2. The van der Waals surface area contributed by atoms with Crippen molar-refractivity contribution in [2.75, 3.05) is 38.0 Å². The summed E-state index contributed by atoms with van der Waals surface area (Å²) in [6.07, 6.45) is 0. The average Bonchev–Trinajstić information content (AvgIpc) is 2.82. The summed E-state index contributed by atoms with van der Waals surface area (Å²) in [5, 5.41) is 2.86. The van der Waals surface area contributed by atoms with Gasteiger partial charge in [0.05, 0.1) is 11.4 Å². The molecule has 0 atom stereocenters. The molecule has 0 unspecified atom stereocenters. The Hall–Kier alpha value is -3.14. The quantitative estimate of drug-likeness (QED) is 0.597. The van der Waals surface area contributed by atoms with Crippen molar-refractivity contribution in [3.05, 3.63) is 84.4 Å². The lowest BCUT2D eigenvalue weighted by molar-refractivity contribution is -0.117. The molecule has 4 rings (SSSR count). The van der Waals surface area contributed by atoms with Gasteiger partial charge in [0.15, 0.2) is 11.6 Å². The second-order valence-electron chi connectivity index (χ2n) is 7.75. The summed E-state index contributed by atoms with van der Waals surface area (Å²) in [5.41, 5.74) is 2.82. The lowest BCUT2D eigenvalue weighted by Crippen LogP contribution is -2.50. The second-order valence-corrected chi connectivity index (χ2v) is 9.69. The number of nitrogens with zero attached hydrogens (tertiary/aromatic N) is 2.